The van der Waals surface area contributed by atoms with E-state index in [9.17, 15) is 13.9 Å². The molecule has 1 saturated heterocycles. The Morgan fingerprint density at radius 2 is 2.29 bits per heavy atom. The largest absolute Gasteiger partial charge is 0.458 e. The van der Waals surface area contributed by atoms with Crippen LogP contribution in [0.1, 0.15) is 26.7 Å². The molecule has 5 nitrogen and oxygen atoms in total. The summed E-state index contributed by atoms with van der Waals surface area (Å²) < 4.78 is 28.4. The quantitative estimate of drug-likeness (QED) is 0.715. The van der Waals surface area contributed by atoms with Crippen molar-refractivity contribution in [2.24, 2.45) is 0 Å². The van der Waals surface area contributed by atoms with Crippen LogP contribution in [0.4, 0.5) is 0 Å². The molecule has 0 aliphatic carbocycles. The molecule has 2 atom stereocenters. The van der Waals surface area contributed by atoms with Crippen molar-refractivity contribution in [3.8, 4) is 0 Å². The van der Waals surface area contributed by atoms with Crippen molar-refractivity contribution in [1.29, 1.82) is 0 Å². The molecule has 0 spiro atoms. The molecule has 1 heterocycles. The van der Waals surface area contributed by atoms with Crippen LogP contribution in [-0.4, -0.2) is 33.0 Å². The topological polar surface area (TPSA) is 76.0 Å². The maximum Gasteiger partial charge on any atom is 0.306 e. The van der Waals surface area contributed by atoms with E-state index in [1.807, 2.05) is 6.92 Å². The molecule has 2 N–H and O–H groups in total. The second kappa shape index (κ2) is 4.48. The molecular formula is C8H16O5S. The van der Waals surface area contributed by atoms with E-state index in [2.05, 4.69) is 0 Å². The maximum atomic E-state index is 11.1. The van der Waals surface area contributed by atoms with E-state index in [-0.39, 0.29) is 12.6 Å². The lowest BCUT2D eigenvalue weighted by Crippen LogP contribution is -2.28. The monoisotopic (exact) mass is 224 g/mol. The highest BCUT2D eigenvalue weighted by Crippen LogP contribution is 2.52. The summed E-state index contributed by atoms with van der Waals surface area (Å²) in [4.78, 5) is 11.1. The van der Waals surface area contributed by atoms with Crippen LogP contribution >= 0.6 is 10.9 Å². The van der Waals surface area contributed by atoms with Gasteiger partial charge in [0.25, 0.3) is 0 Å². The van der Waals surface area contributed by atoms with Gasteiger partial charge in [0, 0.05) is 6.42 Å². The zero-order chi connectivity index (χ0) is 10.8. The van der Waals surface area contributed by atoms with Crippen LogP contribution in [0.5, 0.6) is 0 Å². The van der Waals surface area contributed by atoms with Crippen molar-refractivity contribution in [2.75, 3.05) is 6.61 Å². The molecule has 0 aromatic heterocycles. The summed E-state index contributed by atoms with van der Waals surface area (Å²) in [6, 6.07) is 0. The van der Waals surface area contributed by atoms with Gasteiger partial charge in [-0.1, -0.05) is 6.92 Å². The third-order valence-electron chi connectivity index (χ3n) is 2.15. The lowest BCUT2D eigenvalue weighted by Gasteiger charge is -2.25. The summed E-state index contributed by atoms with van der Waals surface area (Å²) in [6.07, 6.45) is 0.540. The molecule has 1 rings (SSSR count). The minimum atomic E-state index is -3.01. The zero-order valence-electron chi connectivity index (χ0n) is 8.30. The van der Waals surface area contributed by atoms with Gasteiger partial charge in [0.2, 0.25) is 0 Å². The lowest BCUT2D eigenvalue weighted by molar-refractivity contribution is -0.149. The minimum absolute atomic E-state index is 0.0684. The summed E-state index contributed by atoms with van der Waals surface area (Å²) in [5.41, 5.74) is 0. The van der Waals surface area contributed by atoms with E-state index >= 15 is 0 Å². The third kappa shape index (κ3) is 2.60. The number of ether oxygens (including phenoxy) is 1. The third-order valence-corrected chi connectivity index (χ3v) is 3.91. The Morgan fingerprint density at radius 1 is 1.64 bits per heavy atom. The summed E-state index contributed by atoms with van der Waals surface area (Å²) in [5.74, 6) is -0.315. The predicted octanol–water partition coefficient (Wildman–Crippen LogP) is 1.78. The van der Waals surface area contributed by atoms with E-state index in [0.717, 1.165) is 6.42 Å². The van der Waals surface area contributed by atoms with Gasteiger partial charge >= 0.3 is 5.97 Å². The molecule has 0 amide bonds. The number of esters is 1. The summed E-state index contributed by atoms with van der Waals surface area (Å²) in [6.45, 7) is 3.55. The highest BCUT2D eigenvalue weighted by molar-refractivity contribution is 8.20. The van der Waals surface area contributed by atoms with Gasteiger partial charge < -0.3 is 13.8 Å². The molecule has 1 aliphatic rings. The normalized spacial score (nSPS) is 32.6. The molecule has 0 aromatic carbocycles. The fourth-order valence-corrected chi connectivity index (χ4v) is 2.25. The van der Waals surface area contributed by atoms with Crippen LogP contribution in [0.15, 0.2) is 0 Å². The van der Waals surface area contributed by atoms with Crippen molar-refractivity contribution >= 4 is 16.8 Å². The maximum absolute atomic E-state index is 11.1. The Labute approximate surface area is 85.0 Å². The fourth-order valence-electron chi connectivity index (χ4n) is 1.17. The van der Waals surface area contributed by atoms with E-state index in [4.69, 9.17) is 8.92 Å². The Kier molecular flexibility index (Phi) is 3.77. The van der Waals surface area contributed by atoms with Gasteiger partial charge in [0.15, 0.2) is 0 Å². The van der Waals surface area contributed by atoms with Crippen LogP contribution in [0.2, 0.25) is 0 Å². The minimum Gasteiger partial charge on any atom is -0.458 e. The first kappa shape index (κ1) is 11.8. The molecule has 0 radical (unpaired) electrons. The number of hydrogen-bond donors (Lipinski definition) is 2. The van der Waals surface area contributed by atoms with Crippen molar-refractivity contribution in [3.05, 3.63) is 0 Å². The molecule has 0 saturated carbocycles. The summed E-state index contributed by atoms with van der Waals surface area (Å²) in [5, 5.41) is -0.539. The standard InChI is InChI=1S/C8H16O5S/c1-3-4-8(9)13-7-5-12-14(10,11)6(7)2/h6-7,10-11H,3-5H2,1-2H3. The first-order valence-electron chi connectivity index (χ1n) is 4.58. The zero-order valence-corrected chi connectivity index (χ0v) is 9.12. The molecule has 2 unspecified atom stereocenters. The highest BCUT2D eigenvalue weighted by atomic mass is 32.3. The first-order chi connectivity index (χ1) is 6.47. The second-order valence-corrected chi connectivity index (χ2v) is 5.36. The Hall–Kier alpha value is -0.300. The molecular weight excluding hydrogens is 208 g/mol. The number of carbonyl (C=O) groups excluding carboxylic acids is 1. The fraction of sp³-hybridized carbons (Fsp3) is 0.875. The first-order valence-corrected chi connectivity index (χ1v) is 6.11. The summed E-state index contributed by atoms with van der Waals surface area (Å²) in [7, 11) is -3.01. The number of rotatable bonds is 3. The number of carbonyl (C=O) groups is 1. The van der Waals surface area contributed by atoms with E-state index in [1.165, 1.54) is 0 Å². The highest BCUT2D eigenvalue weighted by Gasteiger charge is 2.43. The molecule has 84 valence electrons. The van der Waals surface area contributed by atoms with Gasteiger partial charge in [0.05, 0.1) is 16.1 Å². The van der Waals surface area contributed by atoms with Gasteiger partial charge in [-0.25, -0.2) is 0 Å². The molecule has 14 heavy (non-hydrogen) atoms. The van der Waals surface area contributed by atoms with Gasteiger partial charge in [-0.3, -0.25) is 8.98 Å². The molecule has 1 aliphatic heterocycles. The average molecular weight is 224 g/mol. The van der Waals surface area contributed by atoms with Gasteiger partial charge in [-0.15, -0.1) is 0 Å². The Bertz CT molecular complexity index is 218. The van der Waals surface area contributed by atoms with Crippen molar-refractivity contribution in [3.63, 3.8) is 0 Å². The van der Waals surface area contributed by atoms with Gasteiger partial charge in [-0.05, 0) is 13.3 Å². The van der Waals surface area contributed by atoms with Gasteiger partial charge in [-0.2, -0.15) is 0 Å². The van der Waals surface area contributed by atoms with Crippen LogP contribution in [0.3, 0.4) is 0 Å². The molecule has 0 bridgehead atoms. The van der Waals surface area contributed by atoms with E-state index in [1.54, 1.807) is 6.92 Å². The van der Waals surface area contributed by atoms with E-state index < -0.39 is 22.2 Å². The molecule has 0 aromatic rings. The van der Waals surface area contributed by atoms with Crippen LogP contribution < -0.4 is 0 Å². The van der Waals surface area contributed by atoms with Crippen LogP contribution in [-0.2, 0) is 13.7 Å². The number of hydrogen-bond acceptors (Lipinski definition) is 5. The average Bonchev–Trinajstić information content (AvgIpc) is 2.33. The summed E-state index contributed by atoms with van der Waals surface area (Å²) >= 11 is 0. The Morgan fingerprint density at radius 3 is 2.71 bits per heavy atom. The van der Waals surface area contributed by atoms with Crippen molar-refractivity contribution < 1.29 is 22.8 Å². The van der Waals surface area contributed by atoms with Crippen LogP contribution in [0, 0.1) is 0 Å². The second-order valence-electron chi connectivity index (χ2n) is 3.31. The van der Waals surface area contributed by atoms with Crippen LogP contribution in [0.25, 0.3) is 0 Å². The molecule has 6 heteroatoms. The Balaban J connectivity index is 2.44. The van der Waals surface area contributed by atoms with Crippen molar-refractivity contribution in [2.45, 2.75) is 38.0 Å². The van der Waals surface area contributed by atoms with E-state index in [0.29, 0.717) is 6.42 Å². The van der Waals surface area contributed by atoms with Gasteiger partial charge in [0.1, 0.15) is 12.7 Å². The lowest BCUT2D eigenvalue weighted by atomic mass is 10.3. The molecule has 1 fully saturated rings. The van der Waals surface area contributed by atoms with Crippen molar-refractivity contribution in [1.82, 2.24) is 0 Å². The SMILES string of the molecule is CCCC(=O)OC1COS(O)(O)C1C. The predicted molar refractivity (Wildman–Crippen MR) is 53.1 cm³/mol. The smallest absolute Gasteiger partial charge is 0.306 e.